The molecule has 6 heteroatoms. The molecule has 0 heterocycles. The normalized spacial score (nSPS) is 12.1. The molecular formula is C23H32INO4. The van der Waals surface area contributed by atoms with Gasteiger partial charge in [0.2, 0.25) is 0 Å². The zero-order chi connectivity index (χ0) is 21.1. The number of hydrogen-bond donors (Lipinski definition) is 3. The SMILES string of the molecule is CCCCCCC(=O)c1cccc(-c2ccc(CNCCCI(=O)(O)O)cc2)c1. The van der Waals surface area contributed by atoms with Crippen molar-refractivity contribution in [3.63, 3.8) is 0 Å². The van der Waals surface area contributed by atoms with Gasteiger partial charge in [-0.05, 0) is 6.42 Å². The zero-order valence-electron chi connectivity index (χ0n) is 17.1. The fourth-order valence-electron chi connectivity index (χ4n) is 3.14. The van der Waals surface area contributed by atoms with Crippen molar-refractivity contribution in [1.82, 2.24) is 5.32 Å². The van der Waals surface area contributed by atoms with Crippen molar-refractivity contribution in [2.75, 3.05) is 11.0 Å². The summed E-state index contributed by atoms with van der Waals surface area (Å²) in [5.41, 5.74) is 3.99. The summed E-state index contributed by atoms with van der Waals surface area (Å²) in [5, 5.41) is 3.21. The zero-order valence-corrected chi connectivity index (χ0v) is 19.2. The quantitative estimate of drug-likeness (QED) is 0.149. The molecule has 2 rings (SSSR count). The predicted molar refractivity (Wildman–Crippen MR) is 125 cm³/mol. The van der Waals surface area contributed by atoms with E-state index >= 15 is 0 Å². The Balaban J connectivity index is 1.87. The van der Waals surface area contributed by atoms with E-state index in [1.54, 1.807) is 0 Å². The second kappa shape index (κ2) is 12.3. The van der Waals surface area contributed by atoms with Gasteiger partial charge in [0, 0.05) is 6.42 Å². The number of rotatable bonds is 13. The Kier molecular flexibility index (Phi) is 10.1. The average Bonchev–Trinajstić information content (AvgIpc) is 2.70. The van der Waals surface area contributed by atoms with E-state index in [2.05, 4.69) is 12.2 Å². The molecule has 0 unspecified atom stereocenters. The number of nitrogens with one attached hydrogen (secondary N) is 1. The minimum absolute atomic E-state index is 0.0218. The molecule has 3 N–H and O–H groups in total. The van der Waals surface area contributed by atoms with Crippen molar-refractivity contribution in [3.05, 3.63) is 59.7 Å². The summed E-state index contributed by atoms with van der Waals surface area (Å²) in [6.07, 6.45) is 5.50. The number of benzene rings is 2. The Morgan fingerprint density at radius 2 is 1.72 bits per heavy atom. The molecule has 160 valence electrons. The van der Waals surface area contributed by atoms with Crippen LogP contribution in [0.1, 0.15) is 61.4 Å². The first-order chi connectivity index (χ1) is 13.9. The number of unbranched alkanes of at least 4 members (excludes halogenated alkanes) is 3. The minimum atomic E-state index is -4.56. The standard InChI is InChI=1S/C23H32INO4/c1-2-3-4-5-10-23(26)22-9-6-8-21(17-22)20-13-11-19(12-14-20)18-25-16-7-15-24(27,28)29/h6,8-9,11-14,17,25H,2-5,7,10,15-16,18H2,1H3,(H2,27,28,29). The van der Waals surface area contributed by atoms with Crippen LogP contribution >= 0.6 is 19.3 Å². The van der Waals surface area contributed by atoms with Gasteiger partial charge in [-0.25, -0.2) is 0 Å². The molecule has 0 saturated carbocycles. The monoisotopic (exact) mass is 513 g/mol. The van der Waals surface area contributed by atoms with Gasteiger partial charge in [-0.1, -0.05) is 32.3 Å². The van der Waals surface area contributed by atoms with Crippen LogP contribution in [-0.2, 0) is 9.61 Å². The Labute approximate surface area is 178 Å². The number of halogens is 1. The maximum atomic E-state index is 12.4. The van der Waals surface area contributed by atoms with Crippen LogP contribution in [0.2, 0.25) is 0 Å². The molecule has 0 amide bonds. The van der Waals surface area contributed by atoms with Crippen molar-refractivity contribution in [2.24, 2.45) is 0 Å². The third-order valence-electron chi connectivity index (χ3n) is 4.79. The predicted octanol–water partition coefficient (Wildman–Crippen LogP) is 5.19. The molecule has 0 fully saturated rings. The summed E-state index contributed by atoms with van der Waals surface area (Å²) in [7, 11) is 0. The van der Waals surface area contributed by atoms with Crippen LogP contribution in [-0.4, -0.2) is 23.6 Å². The molecule has 0 radical (unpaired) electrons. The van der Waals surface area contributed by atoms with Gasteiger partial charge in [-0.3, -0.25) is 4.79 Å². The number of alkyl halides is 1. The van der Waals surface area contributed by atoms with E-state index in [-0.39, 0.29) is 10.2 Å². The van der Waals surface area contributed by atoms with Crippen molar-refractivity contribution in [2.45, 2.75) is 52.0 Å². The fraction of sp³-hybridized carbons (Fsp3) is 0.435. The second-order valence-corrected chi connectivity index (χ2v) is 11.6. The van der Waals surface area contributed by atoms with Gasteiger partial charge in [-0.15, -0.1) is 0 Å². The van der Waals surface area contributed by atoms with Gasteiger partial charge in [0.25, 0.3) is 0 Å². The van der Waals surface area contributed by atoms with Crippen LogP contribution < -0.4 is 5.32 Å². The number of hydrogen-bond acceptors (Lipinski definition) is 3. The van der Waals surface area contributed by atoms with Crippen molar-refractivity contribution >= 4 is 25.0 Å². The molecule has 0 spiro atoms. The molecule has 0 aliphatic rings. The molecule has 0 atom stereocenters. The second-order valence-electron chi connectivity index (χ2n) is 7.29. The maximum absolute atomic E-state index is 12.4. The first kappa shape index (κ1) is 23.8. The Morgan fingerprint density at radius 3 is 2.41 bits per heavy atom. The Hall–Kier alpha value is -1.48. The van der Waals surface area contributed by atoms with Gasteiger partial charge in [-0.2, -0.15) is 0 Å². The first-order valence-electron chi connectivity index (χ1n) is 10.2. The van der Waals surface area contributed by atoms with E-state index < -0.39 is 19.3 Å². The average molecular weight is 513 g/mol. The number of ketones is 1. The molecule has 0 aliphatic heterocycles. The van der Waals surface area contributed by atoms with Crippen LogP contribution in [0.15, 0.2) is 48.5 Å². The van der Waals surface area contributed by atoms with E-state index in [9.17, 15) is 7.86 Å². The van der Waals surface area contributed by atoms with Gasteiger partial charge >= 0.3 is 123 Å². The Morgan fingerprint density at radius 1 is 0.966 bits per heavy atom. The molecule has 5 nitrogen and oxygen atoms in total. The van der Waals surface area contributed by atoms with E-state index in [1.165, 1.54) is 12.8 Å². The number of carbonyl (C=O) groups is 1. The molecular weight excluding hydrogens is 481 g/mol. The van der Waals surface area contributed by atoms with Gasteiger partial charge in [0.15, 0.2) is 5.78 Å². The number of carbonyl (C=O) groups excluding carboxylic acids is 1. The van der Waals surface area contributed by atoms with Crippen LogP contribution in [0.25, 0.3) is 11.1 Å². The Bertz CT molecular complexity index is 814. The van der Waals surface area contributed by atoms with Gasteiger partial charge in [0.05, 0.1) is 0 Å². The van der Waals surface area contributed by atoms with Crippen LogP contribution in [0.3, 0.4) is 0 Å². The van der Waals surface area contributed by atoms with Crippen LogP contribution in [0, 0.1) is 0 Å². The molecule has 29 heavy (non-hydrogen) atoms. The molecule has 0 aliphatic carbocycles. The van der Waals surface area contributed by atoms with Gasteiger partial charge in [0.1, 0.15) is 0 Å². The third-order valence-corrected chi connectivity index (χ3v) is 6.96. The molecule has 0 aromatic heterocycles. The summed E-state index contributed by atoms with van der Waals surface area (Å²) in [6, 6.07) is 16.0. The first-order valence-corrected chi connectivity index (χ1v) is 14.6. The summed E-state index contributed by atoms with van der Waals surface area (Å²) < 4.78 is 28.7. The summed E-state index contributed by atoms with van der Waals surface area (Å²) in [4.78, 5) is 12.4. The molecule has 2 aromatic carbocycles. The van der Waals surface area contributed by atoms with Crippen molar-refractivity contribution in [3.8, 4) is 11.1 Å². The van der Waals surface area contributed by atoms with E-state index in [0.717, 1.165) is 35.1 Å². The van der Waals surface area contributed by atoms with Crippen molar-refractivity contribution in [1.29, 1.82) is 0 Å². The van der Waals surface area contributed by atoms with E-state index in [4.69, 9.17) is 6.87 Å². The third kappa shape index (κ3) is 9.25. The topological polar surface area (TPSA) is 86.6 Å². The van der Waals surface area contributed by atoms with E-state index in [1.807, 2.05) is 48.5 Å². The molecule has 0 bridgehead atoms. The van der Waals surface area contributed by atoms with Crippen LogP contribution in [0.4, 0.5) is 0 Å². The summed E-state index contributed by atoms with van der Waals surface area (Å²) in [5.74, 6) is 0.209. The van der Waals surface area contributed by atoms with Crippen molar-refractivity contribution < 1.29 is 14.7 Å². The molecule has 2 aromatic rings. The summed E-state index contributed by atoms with van der Waals surface area (Å²) >= 11 is -4.56. The van der Waals surface area contributed by atoms with Crippen LogP contribution in [0.5, 0.6) is 0 Å². The molecule has 0 saturated heterocycles. The summed E-state index contributed by atoms with van der Waals surface area (Å²) in [6.45, 7) is 3.41. The van der Waals surface area contributed by atoms with E-state index in [0.29, 0.717) is 25.9 Å². The fourth-order valence-corrected chi connectivity index (χ4v) is 4.52. The van der Waals surface area contributed by atoms with Gasteiger partial charge < -0.3 is 0 Å². The number of Topliss-reactive ketones (excluding diaryl/α,β-unsaturated/α-hetero) is 1.